The first kappa shape index (κ1) is 29.9. The molecular formula is C28H31ClFN3O5S. The maximum Gasteiger partial charge on any atom is 0.264 e. The minimum absolute atomic E-state index is 0.0245. The highest BCUT2D eigenvalue weighted by Crippen LogP contribution is 2.32. The molecule has 1 N–H and O–H groups in total. The van der Waals surface area contributed by atoms with E-state index in [1.54, 1.807) is 25.1 Å². The van der Waals surface area contributed by atoms with E-state index in [0.29, 0.717) is 24.3 Å². The van der Waals surface area contributed by atoms with Gasteiger partial charge >= 0.3 is 0 Å². The number of rotatable bonds is 12. The lowest BCUT2D eigenvalue weighted by Gasteiger charge is -2.32. The molecular weight excluding hydrogens is 545 g/mol. The van der Waals surface area contributed by atoms with Gasteiger partial charge in [-0.2, -0.15) is 0 Å². The Labute approximate surface area is 233 Å². The molecule has 3 rings (SSSR count). The van der Waals surface area contributed by atoms with Crippen molar-refractivity contribution >= 4 is 39.1 Å². The van der Waals surface area contributed by atoms with Gasteiger partial charge < -0.3 is 15.0 Å². The molecule has 0 bridgehead atoms. The first-order valence-corrected chi connectivity index (χ1v) is 14.1. The third kappa shape index (κ3) is 7.48. The summed E-state index contributed by atoms with van der Waals surface area (Å²) in [5.41, 5.74) is 0.715. The lowest BCUT2D eigenvalue weighted by Crippen LogP contribution is -2.51. The molecule has 0 fully saturated rings. The van der Waals surface area contributed by atoms with Crippen LogP contribution in [0.1, 0.15) is 25.8 Å². The number of anilines is 1. The molecule has 8 nitrogen and oxygen atoms in total. The fraction of sp³-hybridized carbons (Fsp3) is 0.286. The van der Waals surface area contributed by atoms with Crippen LogP contribution in [-0.4, -0.2) is 51.4 Å². The van der Waals surface area contributed by atoms with Crippen molar-refractivity contribution in [2.45, 2.75) is 37.8 Å². The molecule has 0 aromatic heterocycles. The summed E-state index contributed by atoms with van der Waals surface area (Å²) >= 11 is 6.30. The third-order valence-corrected chi connectivity index (χ3v) is 8.10. The fourth-order valence-corrected chi connectivity index (χ4v) is 5.50. The van der Waals surface area contributed by atoms with Gasteiger partial charge in [-0.05, 0) is 61.4 Å². The van der Waals surface area contributed by atoms with Crippen LogP contribution in [0, 0.1) is 5.82 Å². The number of hydrogen-bond donors (Lipinski definition) is 1. The predicted molar refractivity (Wildman–Crippen MR) is 149 cm³/mol. The van der Waals surface area contributed by atoms with Crippen LogP contribution < -0.4 is 14.4 Å². The van der Waals surface area contributed by atoms with Crippen LogP contribution in [0.3, 0.4) is 0 Å². The number of nitrogens with zero attached hydrogens (tertiary/aromatic N) is 2. The molecule has 0 saturated heterocycles. The number of carbonyl (C=O) groups is 2. The van der Waals surface area contributed by atoms with Crippen molar-refractivity contribution in [2.75, 3.05) is 24.5 Å². The second kappa shape index (κ2) is 13.4. The number of ether oxygens (including phenoxy) is 1. The Balaban J connectivity index is 2.03. The van der Waals surface area contributed by atoms with Gasteiger partial charge in [0.15, 0.2) is 0 Å². The van der Waals surface area contributed by atoms with E-state index in [-0.39, 0.29) is 22.2 Å². The number of nitrogens with one attached hydrogen (secondary N) is 1. The van der Waals surface area contributed by atoms with Gasteiger partial charge in [0.2, 0.25) is 11.8 Å². The average Bonchev–Trinajstić information content (AvgIpc) is 2.94. The lowest BCUT2D eigenvalue weighted by molar-refractivity contribution is -0.139. The van der Waals surface area contributed by atoms with Crippen molar-refractivity contribution in [1.82, 2.24) is 10.2 Å². The van der Waals surface area contributed by atoms with Gasteiger partial charge in [0.05, 0.1) is 22.7 Å². The van der Waals surface area contributed by atoms with E-state index in [0.717, 1.165) is 4.31 Å². The maximum absolute atomic E-state index is 13.8. The molecule has 2 amide bonds. The van der Waals surface area contributed by atoms with Crippen molar-refractivity contribution in [3.8, 4) is 5.75 Å². The van der Waals surface area contributed by atoms with Gasteiger partial charge in [0.25, 0.3) is 10.0 Å². The molecule has 0 aliphatic carbocycles. The number of hydrogen-bond acceptors (Lipinski definition) is 5. The molecule has 1 unspecified atom stereocenters. The van der Waals surface area contributed by atoms with E-state index in [4.69, 9.17) is 16.3 Å². The van der Waals surface area contributed by atoms with Crippen LogP contribution in [0.4, 0.5) is 10.1 Å². The summed E-state index contributed by atoms with van der Waals surface area (Å²) in [6.07, 6.45) is 0.700. The van der Waals surface area contributed by atoms with Gasteiger partial charge in [-0.25, -0.2) is 12.8 Å². The zero-order valence-electron chi connectivity index (χ0n) is 21.9. The second-order valence-electron chi connectivity index (χ2n) is 8.76. The summed E-state index contributed by atoms with van der Waals surface area (Å²) in [6, 6.07) is 16.7. The summed E-state index contributed by atoms with van der Waals surface area (Å²) < 4.78 is 47.2. The molecule has 0 aliphatic rings. The topological polar surface area (TPSA) is 96.0 Å². The summed E-state index contributed by atoms with van der Waals surface area (Å²) in [7, 11) is -2.79. The van der Waals surface area contributed by atoms with Gasteiger partial charge in [-0.1, -0.05) is 48.9 Å². The Hall–Kier alpha value is -3.63. The Bertz CT molecular complexity index is 1390. The molecule has 0 spiro atoms. The molecule has 3 aromatic rings. The largest absolute Gasteiger partial charge is 0.495 e. The van der Waals surface area contributed by atoms with Crippen molar-refractivity contribution in [3.63, 3.8) is 0 Å². The van der Waals surface area contributed by atoms with E-state index >= 15 is 0 Å². The Morgan fingerprint density at radius 3 is 2.31 bits per heavy atom. The summed E-state index contributed by atoms with van der Waals surface area (Å²) in [5, 5.41) is 2.93. The average molecular weight is 576 g/mol. The van der Waals surface area contributed by atoms with Crippen LogP contribution in [0.5, 0.6) is 5.75 Å². The minimum Gasteiger partial charge on any atom is -0.495 e. The summed E-state index contributed by atoms with van der Waals surface area (Å²) in [5.74, 6) is -1.13. The number of benzene rings is 3. The zero-order valence-corrected chi connectivity index (χ0v) is 23.5. The summed E-state index contributed by atoms with van der Waals surface area (Å²) in [4.78, 5) is 27.9. The molecule has 0 saturated carbocycles. The van der Waals surface area contributed by atoms with Crippen LogP contribution in [0.15, 0.2) is 77.7 Å². The SMILES string of the molecule is CCCNC(=O)C(C)N(Cc1ccc(F)cc1)C(=O)CN(c1ccc(OC)c(Cl)c1)S(=O)(=O)c1ccccc1. The van der Waals surface area contributed by atoms with Crippen LogP contribution in [0.25, 0.3) is 0 Å². The zero-order chi connectivity index (χ0) is 28.6. The van der Waals surface area contributed by atoms with Gasteiger partial charge in [-0.3, -0.25) is 13.9 Å². The Morgan fingerprint density at radius 2 is 1.72 bits per heavy atom. The Morgan fingerprint density at radius 1 is 1.05 bits per heavy atom. The minimum atomic E-state index is -4.22. The van der Waals surface area contributed by atoms with E-state index in [1.165, 1.54) is 66.6 Å². The first-order chi connectivity index (χ1) is 18.6. The standard InChI is InChI=1S/C28H31ClFN3O5S/c1-4-16-31-28(35)20(2)32(18-21-10-12-22(30)13-11-21)27(34)19-33(23-14-15-26(38-3)25(29)17-23)39(36,37)24-8-6-5-7-9-24/h5-15,17,20H,4,16,18-19H2,1-3H3,(H,31,35). The quantitative estimate of drug-likeness (QED) is 0.340. The second-order valence-corrected chi connectivity index (χ2v) is 11.0. The number of amides is 2. The molecule has 208 valence electrons. The third-order valence-electron chi connectivity index (χ3n) is 6.02. The molecule has 11 heteroatoms. The number of carbonyl (C=O) groups excluding carboxylic acids is 2. The molecule has 1 atom stereocenters. The predicted octanol–water partition coefficient (Wildman–Crippen LogP) is 4.63. The number of sulfonamides is 1. The van der Waals surface area contributed by atoms with E-state index in [1.807, 2.05) is 6.92 Å². The van der Waals surface area contributed by atoms with E-state index < -0.39 is 40.2 Å². The monoisotopic (exact) mass is 575 g/mol. The normalized spacial score (nSPS) is 11.9. The molecule has 0 aliphatic heterocycles. The maximum atomic E-state index is 13.8. The van der Waals surface area contributed by atoms with Crippen LogP contribution >= 0.6 is 11.6 Å². The smallest absolute Gasteiger partial charge is 0.264 e. The van der Waals surface area contributed by atoms with Crippen molar-refractivity contribution in [2.24, 2.45) is 0 Å². The highest BCUT2D eigenvalue weighted by atomic mass is 35.5. The van der Waals surface area contributed by atoms with Crippen molar-refractivity contribution in [1.29, 1.82) is 0 Å². The first-order valence-electron chi connectivity index (χ1n) is 12.3. The van der Waals surface area contributed by atoms with Crippen molar-refractivity contribution in [3.05, 3.63) is 89.2 Å². The number of methoxy groups -OCH3 is 1. The van der Waals surface area contributed by atoms with Gasteiger partial charge in [0.1, 0.15) is 24.2 Å². The summed E-state index contributed by atoms with van der Waals surface area (Å²) in [6.45, 7) is 3.22. The van der Waals surface area contributed by atoms with Crippen LogP contribution in [-0.2, 0) is 26.2 Å². The molecule has 0 heterocycles. The van der Waals surface area contributed by atoms with Crippen LogP contribution in [0.2, 0.25) is 5.02 Å². The van der Waals surface area contributed by atoms with Crippen molar-refractivity contribution < 1.29 is 27.1 Å². The molecule has 0 radical (unpaired) electrons. The molecule has 39 heavy (non-hydrogen) atoms. The Kier molecular flexibility index (Phi) is 10.3. The highest BCUT2D eigenvalue weighted by Gasteiger charge is 2.32. The van der Waals surface area contributed by atoms with Gasteiger partial charge in [0, 0.05) is 13.1 Å². The van der Waals surface area contributed by atoms with E-state index in [9.17, 15) is 22.4 Å². The lowest BCUT2D eigenvalue weighted by atomic mass is 10.1. The number of halogens is 2. The molecule has 3 aromatic carbocycles. The highest BCUT2D eigenvalue weighted by molar-refractivity contribution is 7.92. The van der Waals surface area contributed by atoms with E-state index in [2.05, 4.69) is 5.32 Å². The van der Waals surface area contributed by atoms with Gasteiger partial charge in [-0.15, -0.1) is 0 Å². The fourth-order valence-electron chi connectivity index (χ4n) is 3.82.